The Kier molecular flexibility index (Phi) is 8.13. The fourth-order valence-corrected chi connectivity index (χ4v) is 2.10. The van der Waals surface area contributed by atoms with Crippen molar-refractivity contribution in [1.82, 2.24) is 5.32 Å². The van der Waals surface area contributed by atoms with Gasteiger partial charge in [0.25, 0.3) is 0 Å². The third-order valence-corrected chi connectivity index (χ3v) is 4.02. The van der Waals surface area contributed by atoms with Crippen LogP contribution in [-0.4, -0.2) is 13.6 Å². The molecule has 15 heavy (non-hydrogen) atoms. The van der Waals surface area contributed by atoms with Crippen molar-refractivity contribution < 1.29 is 0 Å². The fourth-order valence-electron chi connectivity index (χ4n) is 2.10. The summed E-state index contributed by atoms with van der Waals surface area (Å²) >= 11 is 0. The van der Waals surface area contributed by atoms with E-state index in [4.69, 9.17) is 0 Å². The van der Waals surface area contributed by atoms with Crippen LogP contribution in [0, 0.1) is 23.7 Å². The zero-order chi connectivity index (χ0) is 11.8. The molecule has 0 aromatic heterocycles. The van der Waals surface area contributed by atoms with Crippen LogP contribution in [0.5, 0.6) is 0 Å². The Bertz CT molecular complexity index is 142. The van der Waals surface area contributed by atoms with Crippen molar-refractivity contribution in [1.29, 1.82) is 0 Å². The van der Waals surface area contributed by atoms with Gasteiger partial charge in [0.2, 0.25) is 0 Å². The summed E-state index contributed by atoms with van der Waals surface area (Å²) in [5.74, 6) is 3.42. The van der Waals surface area contributed by atoms with Gasteiger partial charge in [-0.15, -0.1) is 0 Å². The molecule has 0 spiro atoms. The van der Waals surface area contributed by atoms with Gasteiger partial charge in [0.15, 0.2) is 0 Å². The Balaban J connectivity index is 3.87. The Labute approximate surface area is 97.0 Å². The maximum Gasteiger partial charge on any atom is -0.00211 e. The smallest absolute Gasteiger partial charge is 0.00211 e. The second kappa shape index (κ2) is 8.15. The van der Waals surface area contributed by atoms with Crippen LogP contribution < -0.4 is 5.32 Å². The molecule has 0 saturated heterocycles. The second-order valence-corrected chi connectivity index (χ2v) is 5.50. The Morgan fingerprint density at radius 2 is 1.53 bits per heavy atom. The van der Waals surface area contributed by atoms with Gasteiger partial charge in [0, 0.05) is 0 Å². The highest BCUT2D eigenvalue weighted by Crippen LogP contribution is 2.24. The first-order valence-electron chi connectivity index (χ1n) is 6.67. The van der Waals surface area contributed by atoms with Crippen molar-refractivity contribution in [3.8, 4) is 0 Å². The lowest BCUT2D eigenvalue weighted by atomic mass is 9.83. The van der Waals surface area contributed by atoms with E-state index in [0.717, 1.165) is 23.7 Å². The summed E-state index contributed by atoms with van der Waals surface area (Å²) in [6.45, 7) is 12.9. The van der Waals surface area contributed by atoms with E-state index >= 15 is 0 Å². The average Bonchev–Trinajstić information content (AvgIpc) is 2.21. The molecule has 0 aromatic rings. The number of nitrogens with one attached hydrogen (secondary N) is 1. The van der Waals surface area contributed by atoms with Gasteiger partial charge in [-0.2, -0.15) is 0 Å². The van der Waals surface area contributed by atoms with E-state index in [1.807, 2.05) is 0 Å². The van der Waals surface area contributed by atoms with Gasteiger partial charge in [0.1, 0.15) is 0 Å². The van der Waals surface area contributed by atoms with E-state index in [-0.39, 0.29) is 0 Å². The van der Waals surface area contributed by atoms with Crippen LogP contribution in [0.15, 0.2) is 0 Å². The number of hydrogen-bond donors (Lipinski definition) is 1. The van der Waals surface area contributed by atoms with E-state index in [9.17, 15) is 0 Å². The topological polar surface area (TPSA) is 12.0 Å². The molecule has 1 N–H and O–H groups in total. The lowest BCUT2D eigenvalue weighted by Crippen LogP contribution is -2.24. The normalized spacial score (nSPS) is 17.8. The largest absolute Gasteiger partial charge is 0.319 e. The maximum atomic E-state index is 3.32. The molecule has 0 radical (unpaired) electrons. The van der Waals surface area contributed by atoms with Crippen LogP contribution in [0.25, 0.3) is 0 Å². The van der Waals surface area contributed by atoms with Crippen molar-refractivity contribution in [2.45, 2.75) is 53.9 Å². The van der Waals surface area contributed by atoms with Crippen LogP contribution in [0.3, 0.4) is 0 Å². The van der Waals surface area contributed by atoms with E-state index < -0.39 is 0 Å². The highest BCUT2D eigenvalue weighted by Gasteiger charge is 2.16. The van der Waals surface area contributed by atoms with Crippen LogP contribution in [-0.2, 0) is 0 Å². The van der Waals surface area contributed by atoms with Gasteiger partial charge in [-0.25, -0.2) is 0 Å². The highest BCUT2D eigenvalue weighted by molar-refractivity contribution is 4.68. The monoisotopic (exact) mass is 213 g/mol. The second-order valence-electron chi connectivity index (χ2n) is 5.50. The van der Waals surface area contributed by atoms with E-state index in [2.05, 4.69) is 47.0 Å². The van der Waals surface area contributed by atoms with Gasteiger partial charge in [-0.05, 0) is 43.7 Å². The molecule has 0 aromatic carbocycles. The van der Waals surface area contributed by atoms with E-state index in [0.29, 0.717) is 0 Å². The number of hydrogen-bond acceptors (Lipinski definition) is 1. The molecule has 1 heteroatoms. The maximum absolute atomic E-state index is 3.32. The Morgan fingerprint density at radius 3 is 1.93 bits per heavy atom. The van der Waals surface area contributed by atoms with E-state index in [1.165, 1.54) is 25.8 Å². The van der Waals surface area contributed by atoms with Crippen LogP contribution in [0.2, 0.25) is 0 Å². The molecule has 0 aliphatic rings. The van der Waals surface area contributed by atoms with Crippen molar-refractivity contribution in [3.63, 3.8) is 0 Å². The first kappa shape index (κ1) is 15.0. The Hall–Kier alpha value is -0.0400. The van der Waals surface area contributed by atoms with Gasteiger partial charge >= 0.3 is 0 Å². The predicted octanol–water partition coefficient (Wildman–Crippen LogP) is 3.94. The molecule has 0 amide bonds. The third kappa shape index (κ3) is 6.19. The van der Waals surface area contributed by atoms with Crippen molar-refractivity contribution in [2.75, 3.05) is 13.6 Å². The van der Waals surface area contributed by atoms with Crippen molar-refractivity contribution >= 4 is 0 Å². The van der Waals surface area contributed by atoms with E-state index in [1.54, 1.807) is 0 Å². The first-order valence-corrected chi connectivity index (χ1v) is 6.67. The average molecular weight is 213 g/mol. The highest BCUT2D eigenvalue weighted by atomic mass is 14.8. The quantitative estimate of drug-likeness (QED) is 0.644. The summed E-state index contributed by atoms with van der Waals surface area (Å²) in [7, 11) is 2.06. The zero-order valence-corrected chi connectivity index (χ0v) is 11.6. The minimum absolute atomic E-state index is 0.807. The molecule has 3 unspecified atom stereocenters. The standard InChI is InChI=1S/C14H31N/c1-7-12(4)13(5)8-9-14(10-15-6)11(2)3/h11-15H,7-10H2,1-6H3. The summed E-state index contributed by atoms with van der Waals surface area (Å²) in [5, 5.41) is 3.32. The van der Waals surface area contributed by atoms with Gasteiger partial charge < -0.3 is 5.32 Å². The van der Waals surface area contributed by atoms with Gasteiger partial charge in [0.05, 0.1) is 0 Å². The minimum atomic E-state index is 0.807. The molecule has 0 rings (SSSR count). The lowest BCUT2D eigenvalue weighted by Gasteiger charge is -2.24. The van der Waals surface area contributed by atoms with Gasteiger partial charge in [-0.1, -0.05) is 47.5 Å². The fraction of sp³-hybridized carbons (Fsp3) is 1.00. The molecule has 0 bridgehead atoms. The molecule has 0 heterocycles. The van der Waals surface area contributed by atoms with Crippen LogP contribution in [0.1, 0.15) is 53.9 Å². The zero-order valence-electron chi connectivity index (χ0n) is 11.6. The van der Waals surface area contributed by atoms with Crippen molar-refractivity contribution in [2.24, 2.45) is 23.7 Å². The summed E-state index contributed by atoms with van der Waals surface area (Å²) in [4.78, 5) is 0. The molecule has 0 fully saturated rings. The van der Waals surface area contributed by atoms with Crippen LogP contribution >= 0.6 is 0 Å². The molecular formula is C14H31N. The Morgan fingerprint density at radius 1 is 0.933 bits per heavy atom. The summed E-state index contributed by atoms with van der Waals surface area (Å²) in [5.41, 5.74) is 0. The summed E-state index contributed by atoms with van der Waals surface area (Å²) < 4.78 is 0. The third-order valence-electron chi connectivity index (χ3n) is 4.02. The molecular weight excluding hydrogens is 182 g/mol. The van der Waals surface area contributed by atoms with Crippen LogP contribution in [0.4, 0.5) is 0 Å². The minimum Gasteiger partial charge on any atom is -0.319 e. The molecule has 92 valence electrons. The summed E-state index contributed by atoms with van der Waals surface area (Å²) in [6.07, 6.45) is 4.09. The molecule has 1 nitrogen and oxygen atoms in total. The molecule has 0 aliphatic carbocycles. The number of rotatable bonds is 8. The lowest BCUT2D eigenvalue weighted by molar-refractivity contribution is 0.279. The predicted molar refractivity (Wildman–Crippen MR) is 70.1 cm³/mol. The van der Waals surface area contributed by atoms with Gasteiger partial charge in [-0.3, -0.25) is 0 Å². The summed E-state index contributed by atoms with van der Waals surface area (Å²) in [6, 6.07) is 0. The SMILES string of the molecule is CCC(C)C(C)CCC(CNC)C(C)C. The first-order chi connectivity index (χ1) is 7.02. The molecule has 0 saturated carbocycles. The van der Waals surface area contributed by atoms with Crippen molar-refractivity contribution in [3.05, 3.63) is 0 Å². The molecule has 3 atom stereocenters. The molecule has 0 aliphatic heterocycles.